The fraction of sp³-hybridized carbons (Fsp3) is 0.333. The Kier molecular flexibility index (Phi) is 4.34. The van der Waals surface area contributed by atoms with E-state index >= 15 is 0 Å². The van der Waals surface area contributed by atoms with Crippen LogP contribution in [0.25, 0.3) is 10.2 Å². The van der Waals surface area contributed by atoms with Crippen molar-refractivity contribution in [3.63, 3.8) is 0 Å². The summed E-state index contributed by atoms with van der Waals surface area (Å²) in [6.45, 7) is 8.63. The summed E-state index contributed by atoms with van der Waals surface area (Å²) in [6, 6.07) is 10.6. The van der Waals surface area contributed by atoms with Gasteiger partial charge < -0.3 is 4.98 Å². The maximum absolute atomic E-state index is 12.1. The predicted molar refractivity (Wildman–Crippen MR) is 99.7 cm³/mol. The summed E-state index contributed by atoms with van der Waals surface area (Å²) in [4.78, 5) is 21.4. The van der Waals surface area contributed by atoms with Gasteiger partial charge in [-0.1, -0.05) is 56.8 Å². The smallest absolute Gasteiger partial charge is 0.260 e. The molecule has 1 N–H and O–H groups in total. The Labute approximate surface area is 144 Å². The molecule has 0 spiro atoms. The largest absolute Gasteiger partial charge is 0.301 e. The minimum absolute atomic E-state index is 0.0510. The van der Waals surface area contributed by atoms with Crippen LogP contribution in [0.4, 0.5) is 0 Å². The molecule has 2 aromatic heterocycles. The van der Waals surface area contributed by atoms with E-state index < -0.39 is 0 Å². The zero-order valence-corrected chi connectivity index (χ0v) is 15.4. The maximum Gasteiger partial charge on any atom is 0.260 e. The molecule has 120 valence electrons. The van der Waals surface area contributed by atoms with Crippen molar-refractivity contribution in [2.75, 3.05) is 0 Å². The summed E-state index contributed by atoms with van der Waals surface area (Å²) in [7, 11) is 0. The highest BCUT2D eigenvalue weighted by Gasteiger charge is 2.13. The first-order valence-electron chi connectivity index (χ1n) is 7.55. The van der Waals surface area contributed by atoms with Crippen molar-refractivity contribution < 1.29 is 0 Å². The maximum atomic E-state index is 12.1. The van der Waals surface area contributed by atoms with Gasteiger partial charge in [-0.3, -0.25) is 4.79 Å². The number of nitrogens with one attached hydrogen (secondary N) is 1. The lowest BCUT2D eigenvalue weighted by atomic mass is 9.87. The van der Waals surface area contributed by atoms with E-state index in [0.717, 1.165) is 15.5 Å². The second kappa shape index (κ2) is 6.13. The molecular formula is C18H20N2OS2. The van der Waals surface area contributed by atoms with Gasteiger partial charge in [-0.2, -0.15) is 0 Å². The van der Waals surface area contributed by atoms with Crippen LogP contribution in [0.5, 0.6) is 0 Å². The average Bonchev–Trinajstić information content (AvgIpc) is 2.86. The molecule has 1 aromatic carbocycles. The van der Waals surface area contributed by atoms with Gasteiger partial charge in [-0.15, -0.1) is 11.3 Å². The van der Waals surface area contributed by atoms with E-state index in [1.807, 2.05) is 13.0 Å². The van der Waals surface area contributed by atoms with Crippen LogP contribution in [0.3, 0.4) is 0 Å². The van der Waals surface area contributed by atoms with Gasteiger partial charge in [0.15, 0.2) is 5.16 Å². The number of hydrogen-bond donors (Lipinski definition) is 1. The molecule has 3 rings (SSSR count). The standard InChI is InChI=1S/C18H20N2OS2/c1-11-9-14-15(21)19-17(20-16(14)23-11)22-10-12-5-7-13(8-6-12)18(2,3)4/h5-9H,10H2,1-4H3,(H,19,20,21). The Balaban J connectivity index is 1.77. The van der Waals surface area contributed by atoms with E-state index in [-0.39, 0.29) is 11.0 Å². The molecule has 0 fully saturated rings. The third-order valence-electron chi connectivity index (χ3n) is 3.70. The third kappa shape index (κ3) is 3.67. The summed E-state index contributed by atoms with van der Waals surface area (Å²) in [5, 5.41) is 1.37. The van der Waals surface area contributed by atoms with Crippen LogP contribution in [-0.4, -0.2) is 9.97 Å². The van der Waals surface area contributed by atoms with Gasteiger partial charge in [0.25, 0.3) is 5.56 Å². The number of benzene rings is 1. The van der Waals surface area contributed by atoms with E-state index in [1.165, 1.54) is 11.1 Å². The Hall–Kier alpha value is -1.59. The first-order valence-corrected chi connectivity index (χ1v) is 9.36. The van der Waals surface area contributed by atoms with Crippen LogP contribution in [0.1, 0.15) is 36.8 Å². The van der Waals surface area contributed by atoms with Crippen LogP contribution in [0.2, 0.25) is 0 Å². The molecule has 2 heterocycles. The van der Waals surface area contributed by atoms with Crippen molar-refractivity contribution in [2.24, 2.45) is 0 Å². The molecule has 3 nitrogen and oxygen atoms in total. The molecular weight excluding hydrogens is 324 g/mol. The van der Waals surface area contributed by atoms with E-state index in [1.54, 1.807) is 23.1 Å². The summed E-state index contributed by atoms with van der Waals surface area (Å²) in [5.74, 6) is 0.795. The molecule has 0 unspecified atom stereocenters. The van der Waals surface area contributed by atoms with E-state index in [0.29, 0.717) is 10.5 Å². The quantitative estimate of drug-likeness (QED) is 0.544. The van der Waals surface area contributed by atoms with Crippen LogP contribution in [-0.2, 0) is 11.2 Å². The lowest BCUT2D eigenvalue weighted by Crippen LogP contribution is -2.10. The zero-order valence-electron chi connectivity index (χ0n) is 13.8. The fourth-order valence-corrected chi connectivity index (χ4v) is 4.11. The molecule has 0 saturated heterocycles. The molecule has 5 heteroatoms. The van der Waals surface area contributed by atoms with E-state index in [4.69, 9.17) is 0 Å². The first-order chi connectivity index (χ1) is 10.8. The number of fused-ring (bicyclic) bond motifs is 1. The Morgan fingerprint density at radius 2 is 1.91 bits per heavy atom. The van der Waals surface area contributed by atoms with Gasteiger partial charge in [0, 0.05) is 10.6 Å². The molecule has 0 saturated carbocycles. The second-order valence-electron chi connectivity index (χ2n) is 6.68. The number of aromatic amines is 1. The van der Waals surface area contributed by atoms with Gasteiger partial charge >= 0.3 is 0 Å². The average molecular weight is 345 g/mol. The van der Waals surface area contributed by atoms with Crippen LogP contribution in [0.15, 0.2) is 40.3 Å². The summed E-state index contributed by atoms with van der Waals surface area (Å²) < 4.78 is 0. The highest BCUT2D eigenvalue weighted by molar-refractivity contribution is 7.98. The SMILES string of the molecule is Cc1cc2c(=O)[nH]c(SCc3ccc(C(C)(C)C)cc3)nc2s1. The van der Waals surface area contributed by atoms with Gasteiger partial charge in [0.2, 0.25) is 0 Å². The van der Waals surface area contributed by atoms with Crippen molar-refractivity contribution in [3.05, 3.63) is 56.7 Å². The topological polar surface area (TPSA) is 45.8 Å². The van der Waals surface area contributed by atoms with Crippen molar-refractivity contribution in [3.8, 4) is 0 Å². The third-order valence-corrected chi connectivity index (χ3v) is 5.59. The molecule has 0 aliphatic rings. The van der Waals surface area contributed by atoms with Crippen LogP contribution < -0.4 is 5.56 Å². The van der Waals surface area contributed by atoms with Crippen LogP contribution >= 0.6 is 23.1 Å². The number of thioether (sulfide) groups is 1. The molecule has 0 aliphatic heterocycles. The zero-order chi connectivity index (χ0) is 16.6. The number of thiophene rings is 1. The van der Waals surface area contributed by atoms with Crippen molar-refractivity contribution >= 4 is 33.3 Å². The van der Waals surface area contributed by atoms with Gasteiger partial charge in [0.05, 0.1) is 5.39 Å². The molecule has 0 aliphatic carbocycles. The normalized spacial score (nSPS) is 12.0. The van der Waals surface area contributed by atoms with Crippen LogP contribution in [0, 0.1) is 6.92 Å². The van der Waals surface area contributed by atoms with Gasteiger partial charge in [0.1, 0.15) is 4.83 Å². The molecule has 0 amide bonds. The summed E-state index contributed by atoms with van der Waals surface area (Å²) in [6.07, 6.45) is 0. The minimum atomic E-state index is -0.0510. The lowest BCUT2D eigenvalue weighted by molar-refractivity contribution is 0.590. The molecule has 23 heavy (non-hydrogen) atoms. The Morgan fingerprint density at radius 1 is 1.22 bits per heavy atom. The van der Waals surface area contributed by atoms with E-state index in [9.17, 15) is 4.79 Å². The van der Waals surface area contributed by atoms with Crippen molar-refractivity contribution in [2.45, 2.75) is 44.0 Å². The molecule has 0 radical (unpaired) electrons. The second-order valence-corrected chi connectivity index (χ2v) is 8.88. The fourth-order valence-electron chi connectivity index (χ4n) is 2.35. The Morgan fingerprint density at radius 3 is 2.57 bits per heavy atom. The number of H-pyrrole nitrogens is 1. The number of nitrogens with zero attached hydrogens (tertiary/aromatic N) is 1. The number of aryl methyl sites for hydroxylation is 1. The highest BCUT2D eigenvalue weighted by atomic mass is 32.2. The van der Waals surface area contributed by atoms with Crippen molar-refractivity contribution in [1.29, 1.82) is 0 Å². The molecule has 0 atom stereocenters. The number of rotatable bonds is 3. The highest BCUT2D eigenvalue weighted by Crippen LogP contribution is 2.26. The Bertz CT molecular complexity index is 886. The summed E-state index contributed by atoms with van der Waals surface area (Å²) in [5.41, 5.74) is 2.67. The number of aromatic nitrogens is 2. The van der Waals surface area contributed by atoms with Crippen molar-refractivity contribution in [1.82, 2.24) is 9.97 Å². The predicted octanol–water partition coefficient (Wildman–Crippen LogP) is 4.88. The summed E-state index contributed by atoms with van der Waals surface area (Å²) >= 11 is 3.13. The molecule has 3 aromatic rings. The monoisotopic (exact) mass is 344 g/mol. The van der Waals surface area contributed by atoms with E-state index in [2.05, 4.69) is 55.0 Å². The number of hydrogen-bond acceptors (Lipinski definition) is 4. The molecule has 0 bridgehead atoms. The van der Waals surface area contributed by atoms with Gasteiger partial charge in [-0.05, 0) is 29.5 Å². The minimum Gasteiger partial charge on any atom is -0.301 e. The first kappa shape index (κ1) is 16.3. The van der Waals surface area contributed by atoms with Gasteiger partial charge in [-0.25, -0.2) is 4.98 Å². The lowest BCUT2D eigenvalue weighted by Gasteiger charge is -2.19.